The van der Waals surface area contributed by atoms with Crippen molar-refractivity contribution in [3.63, 3.8) is 0 Å². The van der Waals surface area contributed by atoms with Crippen molar-refractivity contribution >= 4 is 29.6 Å². The van der Waals surface area contributed by atoms with E-state index in [4.69, 9.17) is 19.4 Å². The number of esters is 1. The van der Waals surface area contributed by atoms with Crippen molar-refractivity contribution in [2.24, 2.45) is 5.41 Å². The molecule has 1 aromatic heterocycles. The topological polar surface area (TPSA) is 146 Å². The molecule has 3 N–H and O–H groups in total. The SMILES string of the molecule is CCNC(=O)Nc1ccc(-c2nc3c(c(N4CCOCC4)n2)[C@@H](C(C)(C)C)CN(C(=O)O)C3CC=CC(=O)OCC)cc1. The van der Waals surface area contributed by atoms with Gasteiger partial charge in [-0.05, 0) is 49.9 Å². The molecule has 12 nitrogen and oxygen atoms in total. The van der Waals surface area contributed by atoms with Gasteiger partial charge >= 0.3 is 18.1 Å². The first-order valence-electron chi connectivity index (χ1n) is 14.8. The predicted molar refractivity (Wildman–Crippen MR) is 163 cm³/mol. The zero-order chi connectivity index (χ0) is 31.1. The van der Waals surface area contributed by atoms with E-state index >= 15 is 0 Å². The number of amides is 3. The first-order chi connectivity index (χ1) is 20.5. The molecular formula is C31H42N6O6. The largest absolute Gasteiger partial charge is 0.465 e. The van der Waals surface area contributed by atoms with Crippen molar-refractivity contribution in [1.82, 2.24) is 20.2 Å². The van der Waals surface area contributed by atoms with E-state index in [1.54, 1.807) is 25.1 Å². The summed E-state index contributed by atoms with van der Waals surface area (Å²) in [6.07, 6.45) is 2.18. The Morgan fingerprint density at radius 1 is 1.12 bits per heavy atom. The number of carboxylic acid groups (broad SMARTS) is 1. The van der Waals surface area contributed by atoms with E-state index in [1.807, 2.05) is 19.1 Å². The molecule has 1 fully saturated rings. The highest BCUT2D eigenvalue weighted by atomic mass is 16.5. The van der Waals surface area contributed by atoms with Gasteiger partial charge in [0.05, 0.1) is 31.6 Å². The minimum atomic E-state index is -1.05. The zero-order valence-electron chi connectivity index (χ0n) is 25.6. The highest BCUT2D eigenvalue weighted by Gasteiger charge is 2.44. The van der Waals surface area contributed by atoms with Gasteiger partial charge in [0.25, 0.3) is 0 Å². The third-order valence-corrected chi connectivity index (χ3v) is 7.61. The first kappa shape index (κ1) is 31.7. The Bertz CT molecular complexity index is 1330. The Morgan fingerprint density at radius 2 is 1.81 bits per heavy atom. The van der Waals surface area contributed by atoms with E-state index in [0.29, 0.717) is 50.1 Å². The molecule has 2 aliphatic heterocycles. The normalized spacial score (nSPS) is 18.7. The number of urea groups is 1. The van der Waals surface area contributed by atoms with Gasteiger partial charge in [-0.3, -0.25) is 4.90 Å². The number of anilines is 2. The van der Waals surface area contributed by atoms with E-state index in [9.17, 15) is 19.5 Å². The number of carbonyl (C=O) groups is 3. The summed E-state index contributed by atoms with van der Waals surface area (Å²) < 4.78 is 10.7. The van der Waals surface area contributed by atoms with Crippen molar-refractivity contribution in [2.45, 2.75) is 53.0 Å². The Morgan fingerprint density at radius 3 is 2.42 bits per heavy atom. The van der Waals surface area contributed by atoms with Crippen molar-refractivity contribution < 1.29 is 29.0 Å². The molecule has 3 heterocycles. The second-order valence-corrected chi connectivity index (χ2v) is 11.6. The van der Waals surface area contributed by atoms with Crippen molar-refractivity contribution in [3.05, 3.63) is 47.7 Å². The predicted octanol–water partition coefficient (Wildman–Crippen LogP) is 4.80. The number of nitrogens with one attached hydrogen (secondary N) is 2. The molecule has 43 heavy (non-hydrogen) atoms. The lowest BCUT2D eigenvalue weighted by Crippen LogP contribution is -2.47. The molecule has 1 saturated heterocycles. The summed E-state index contributed by atoms with van der Waals surface area (Å²) in [5, 5.41) is 15.9. The molecule has 232 valence electrons. The van der Waals surface area contributed by atoms with Gasteiger partial charge in [-0.1, -0.05) is 26.8 Å². The van der Waals surface area contributed by atoms with Crippen LogP contribution in [0.4, 0.5) is 21.1 Å². The Balaban J connectivity index is 1.87. The van der Waals surface area contributed by atoms with Crippen LogP contribution in [0.2, 0.25) is 0 Å². The minimum Gasteiger partial charge on any atom is -0.465 e. The molecule has 0 spiro atoms. The summed E-state index contributed by atoms with van der Waals surface area (Å²) >= 11 is 0. The molecule has 2 aliphatic rings. The van der Waals surface area contributed by atoms with Gasteiger partial charge in [0.1, 0.15) is 5.82 Å². The molecule has 12 heteroatoms. The van der Waals surface area contributed by atoms with E-state index in [1.165, 1.54) is 11.0 Å². The maximum absolute atomic E-state index is 12.7. The van der Waals surface area contributed by atoms with Crippen molar-refractivity contribution in [1.29, 1.82) is 0 Å². The van der Waals surface area contributed by atoms with Gasteiger partial charge in [0.15, 0.2) is 5.82 Å². The van der Waals surface area contributed by atoms with Crippen LogP contribution in [0.15, 0.2) is 36.4 Å². The molecule has 0 radical (unpaired) electrons. The number of carbonyl (C=O) groups excluding carboxylic acids is 2. The number of nitrogens with zero attached hydrogens (tertiary/aromatic N) is 4. The van der Waals surface area contributed by atoms with Gasteiger partial charge in [-0.15, -0.1) is 0 Å². The summed E-state index contributed by atoms with van der Waals surface area (Å²) in [6, 6.07) is 6.29. The number of ether oxygens (including phenoxy) is 2. The smallest absolute Gasteiger partial charge is 0.407 e. The molecule has 0 bridgehead atoms. The molecule has 1 aromatic carbocycles. The van der Waals surface area contributed by atoms with Gasteiger partial charge in [-0.2, -0.15) is 0 Å². The molecule has 1 unspecified atom stereocenters. The second kappa shape index (κ2) is 13.9. The average molecular weight is 595 g/mol. The third kappa shape index (κ3) is 7.61. The lowest BCUT2D eigenvalue weighted by molar-refractivity contribution is -0.137. The maximum atomic E-state index is 12.7. The van der Waals surface area contributed by atoms with Crippen LogP contribution in [0.25, 0.3) is 11.4 Å². The number of morpholine rings is 1. The van der Waals surface area contributed by atoms with Crippen LogP contribution in [-0.4, -0.2) is 84.1 Å². The maximum Gasteiger partial charge on any atom is 0.407 e. The first-order valence-corrected chi connectivity index (χ1v) is 14.8. The van der Waals surface area contributed by atoms with E-state index in [0.717, 1.165) is 16.9 Å². The number of hydrogen-bond donors (Lipinski definition) is 3. The summed E-state index contributed by atoms with van der Waals surface area (Å²) in [4.78, 5) is 50.5. The number of fused-ring (bicyclic) bond motifs is 1. The average Bonchev–Trinajstić information content (AvgIpc) is 2.97. The van der Waals surface area contributed by atoms with E-state index < -0.39 is 18.1 Å². The molecule has 0 saturated carbocycles. The zero-order valence-corrected chi connectivity index (χ0v) is 25.6. The molecule has 3 amide bonds. The van der Waals surface area contributed by atoms with E-state index in [2.05, 4.69) is 36.3 Å². The highest BCUT2D eigenvalue weighted by molar-refractivity contribution is 5.89. The van der Waals surface area contributed by atoms with Crippen LogP contribution in [-0.2, 0) is 14.3 Å². The van der Waals surface area contributed by atoms with Crippen LogP contribution in [0.3, 0.4) is 0 Å². The summed E-state index contributed by atoms with van der Waals surface area (Å²) in [7, 11) is 0. The molecular weight excluding hydrogens is 552 g/mol. The monoisotopic (exact) mass is 594 g/mol. The number of aromatic nitrogens is 2. The summed E-state index contributed by atoms with van der Waals surface area (Å²) in [5.41, 5.74) is 2.59. The van der Waals surface area contributed by atoms with Gasteiger partial charge in [0.2, 0.25) is 0 Å². The lowest BCUT2D eigenvalue weighted by atomic mass is 9.72. The van der Waals surface area contributed by atoms with Gasteiger partial charge in [-0.25, -0.2) is 24.4 Å². The van der Waals surface area contributed by atoms with Gasteiger partial charge < -0.3 is 30.1 Å². The van der Waals surface area contributed by atoms with Crippen LogP contribution < -0.4 is 15.5 Å². The van der Waals surface area contributed by atoms with Crippen LogP contribution in [0.5, 0.6) is 0 Å². The van der Waals surface area contributed by atoms with Gasteiger partial charge in [0, 0.05) is 55.0 Å². The van der Waals surface area contributed by atoms with Crippen LogP contribution >= 0.6 is 0 Å². The van der Waals surface area contributed by atoms with E-state index in [-0.39, 0.29) is 36.9 Å². The third-order valence-electron chi connectivity index (χ3n) is 7.61. The number of benzene rings is 1. The summed E-state index contributed by atoms with van der Waals surface area (Å²) in [6.45, 7) is 13.3. The fourth-order valence-electron chi connectivity index (χ4n) is 5.45. The quantitative estimate of drug-likeness (QED) is 0.290. The standard InChI is InChI=1S/C31H42N6O6/c1-6-32-29(39)33-21-13-11-20(12-14-21)27-34-26-23(9-8-10-24(38)43-7-2)37(30(40)41)19-22(31(3,4)5)25(26)28(35-27)36-15-17-42-18-16-36/h8,10-14,22-23H,6-7,9,15-19H2,1-5H3,(H,40,41)(H2,32,33,39)/t22-,23?/m0/s1. The lowest BCUT2D eigenvalue weighted by Gasteiger charge is -2.45. The fourth-order valence-corrected chi connectivity index (χ4v) is 5.45. The van der Waals surface area contributed by atoms with Crippen molar-refractivity contribution in [3.8, 4) is 11.4 Å². The van der Waals surface area contributed by atoms with Crippen molar-refractivity contribution in [2.75, 3.05) is 56.2 Å². The fraction of sp³-hybridized carbons (Fsp3) is 0.516. The molecule has 2 aromatic rings. The van der Waals surface area contributed by atoms with Crippen LogP contribution in [0, 0.1) is 5.41 Å². The Kier molecular flexibility index (Phi) is 10.2. The Hall–Kier alpha value is -4.19. The minimum absolute atomic E-state index is 0.181. The Labute approximate surface area is 252 Å². The molecule has 2 atom stereocenters. The molecule has 4 rings (SSSR count). The summed E-state index contributed by atoms with van der Waals surface area (Å²) in [5.74, 6) is 0.562. The number of rotatable bonds is 8. The van der Waals surface area contributed by atoms with Crippen LogP contribution in [0.1, 0.15) is 64.3 Å². The second-order valence-electron chi connectivity index (χ2n) is 11.6. The molecule has 0 aliphatic carbocycles. The number of hydrogen-bond acceptors (Lipinski definition) is 8. The highest BCUT2D eigenvalue weighted by Crippen LogP contribution is 2.48.